The van der Waals surface area contributed by atoms with Crippen molar-refractivity contribution in [3.63, 3.8) is 0 Å². The molecule has 0 aromatic rings. The number of hydrogen-bond donors (Lipinski definition) is 1. The normalized spacial score (nSPS) is 33.4. The highest BCUT2D eigenvalue weighted by molar-refractivity contribution is 5.06. The van der Waals surface area contributed by atoms with Crippen LogP contribution in [0, 0.1) is 5.92 Å². The molecular formula is C10H15F3O. The summed E-state index contributed by atoms with van der Waals surface area (Å²) in [4.78, 5) is 0. The van der Waals surface area contributed by atoms with Gasteiger partial charge in [0.1, 0.15) is 0 Å². The molecule has 0 bridgehead atoms. The van der Waals surface area contributed by atoms with Crippen LogP contribution in [0.3, 0.4) is 0 Å². The van der Waals surface area contributed by atoms with Crippen molar-refractivity contribution < 1.29 is 18.3 Å². The zero-order valence-corrected chi connectivity index (χ0v) is 8.14. The Balaban J connectivity index is 2.47. The minimum atomic E-state index is -4.17. The van der Waals surface area contributed by atoms with E-state index in [2.05, 4.69) is 0 Å². The lowest BCUT2D eigenvalue weighted by Crippen LogP contribution is -2.31. The van der Waals surface area contributed by atoms with Crippen LogP contribution >= 0.6 is 0 Å². The van der Waals surface area contributed by atoms with Crippen LogP contribution in [0.25, 0.3) is 0 Å². The van der Waals surface area contributed by atoms with Crippen molar-refractivity contribution in [1.82, 2.24) is 0 Å². The molecule has 0 saturated heterocycles. The van der Waals surface area contributed by atoms with Gasteiger partial charge in [-0.25, -0.2) is 0 Å². The van der Waals surface area contributed by atoms with Crippen molar-refractivity contribution in [3.05, 3.63) is 12.2 Å². The molecule has 1 N–H and O–H groups in total. The topological polar surface area (TPSA) is 20.2 Å². The summed E-state index contributed by atoms with van der Waals surface area (Å²) in [5.74, 6) is 0.362. The number of hydrogen-bond acceptors (Lipinski definition) is 1. The Morgan fingerprint density at radius 3 is 2.57 bits per heavy atom. The lowest BCUT2D eigenvalue weighted by molar-refractivity contribution is -0.144. The van der Waals surface area contributed by atoms with E-state index in [0.717, 1.165) is 6.42 Å². The summed E-state index contributed by atoms with van der Waals surface area (Å²) in [6, 6.07) is 0. The Morgan fingerprint density at radius 2 is 2.14 bits per heavy atom. The summed E-state index contributed by atoms with van der Waals surface area (Å²) >= 11 is 0. The van der Waals surface area contributed by atoms with Gasteiger partial charge in [0, 0.05) is 6.42 Å². The van der Waals surface area contributed by atoms with Crippen molar-refractivity contribution in [2.24, 2.45) is 5.92 Å². The molecule has 0 saturated carbocycles. The summed E-state index contributed by atoms with van der Waals surface area (Å²) in [5.41, 5.74) is -1.23. The molecule has 0 spiro atoms. The van der Waals surface area contributed by atoms with E-state index in [1.54, 1.807) is 6.08 Å². The summed E-state index contributed by atoms with van der Waals surface area (Å²) in [5, 5.41) is 9.77. The van der Waals surface area contributed by atoms with E-state index in [4.69, 9.17) is 0 Å². The van der Waals surface area contributed by atoms with E-state index in [1.807, 2.05) is 6.92 Å². The van der Waals surface area contributed by atoms with Crippen molar-refractivity contribution in [2.45, 2.75) is 44.4 Å². The first-order valence-corrected chi connectivity index (χ1v) is 4.79. The molecule has 0 heterocycles. The Labute approximate surface area is 81.6 Å². The van der Waals surface area contributed by atoms with Crippen molar-refractivity contribution in [2.75, 3.05) is 0 Å². The number of halogens is 3. The van der Waals surface area contributed by atoms with Crippen LogP contribution in [-0.4, -0.2) is 16.9 Å². The number of allylic oxidation sites excluding steroid dienone is 1. The Hall–Kier alpha value is -0.510. The van der Waals surface area contributed by atoms with Gasteiger partial charge in [-0.1, -0.05) is 19.1 Å². The minimum absolute atomic E-state index is 0.223. The van der Waals surface area contributed by atoms with E-state index in [0.29, 0.717) is 12.3 Å². The molecule has 1 aliphatic rings. The summed E-state index contributed by atoms with van der Waals surface area (Å²) in [6.45, 7) is 1.99. The Kier molecular flexibility index (Phi) is 3.24. The van der Waals surface area contributed by atoms with Gasteiger partial charge in [0.2, 0.25) is 0 Å². The highest BCUT2D eigenvalue weighted by atomic mass is 19.4. The van der Waals surface area contributed by atoms with Crippen LogP contribution < -0.4 is 0 Å². The average molecular weight is 208 g/mol. The highest BCUT2D eigenvalue weighted by Crippen LogP contribution is 2.33. The van der Waals surface area contributed by atoms with Gasteiger partial charge in [0.05, 0.1) is 5.60 Å². The highest BCUT2D eigenvalue weighted by Gasteiger charge is 2.34. The van der Waals surface area contributed by atoms with Gasteiger partial charge in [-0.05, 0) is 25.2 Å². The fourth-order valence-corrected chi connectivity index (χ4v) is 1.57. The van der Waals surface area contributed by atoms with Gasteiger partial charge in [0.25, 0.3) is 0 Å². The standard InChI is InChI=1S/C10H15F3O/c1-8-2-4-9(14,5-3-8)6-7-10(11,12)13/h2,4,8,14H,3,5-7H2,1H3. The van der Waals surface area contributed by atoms with E-state index < -0.39 is 18.2 Å². The van der Waals surface area contributed by atoms with Crippen LogP contribution in [0.5, 0.6) is 0 Å². The molecule has 0 amide bonds. The Bertz CT molecular complexity index is 222. The van der Waals surface area contributed by atoms with Gasteiger partial charge in [-0.2, -0.15) is 13.2 Å². The predicted octanol–water partition coefficient (Wildman–Crippen LogP) is 3.05. The lowest BCUT2D eigenvalue weighted by Gasteiger charge is -2.30. The molecule has 4 heteroatoms. The second-order valence-corrected chi connectivity index (χ2v) is 4.09. The predicted molar refractivity (Wildman–Crippen MR) is 47.8 cm³/mol. The van der Waals surface area contributed by atoms with Crippen LogP contribution in [-0.2, 0) is 0 Å². The van der Waals surface area contributed by atoms with Crippen LogP contribution in [0.2, 0.25) is 0 Å². The zero-order valence-electron chi connectivity index (χ0n) is 8.14. The van der Waals surface area contributed by atoms with E-state index in [9.17, 15) is 18.3 Å². The lowest BCUT2D eigenvalue weighted by atomic mass is 9.83. The molecule has 1 nitrogen and oxygen atoms in total. The van der Waals surface area contributed by atoms with Crippen molar-refractivity contribution >= 4 is 0 Å². The Morgan fingerprint density at radius 1 is 1.50 bits per heavy atom. The van der Waals surface area contributed by atoms with E-state index >= 15 is 0 Å². The van der Waals surface area contributed by atoms with Crippen LogP contribution in [0.1, 0.15) is 32.6 Å². The largest absolute Gasteiger partial charge is 0.389 e. The summed E-state index contributed by atoms with van der Waals surface area (Å²) in [7, 11) is 0. The van der Waals surface area contributed by atoms with Gasteiger partial charge in [-0.3, -0.25) is 0 Å². The maximum atomic E-state index is 11.9. The van der Waals surface area contributed by atoms with E-state index in [1.165, 1.54) is 6.08 Å². The quantitative estimate of drug-likeness (QED) is 0.691. The molecule has 0 fully saturated rings. The van der Waals surface area contributed by atoms with Crippen molar-refractivity contribution in [3.8, 4) is 0 Å². The third kappa shape index (κ3) is 3.70. The third-order valence-electron chi connectivity index (χ3n) is 2.61. The fourth-order valence-electron chi connectivity index (χ4n) is 1.57. The first kappa shape index (κ1) is 11.6. The monoisotopic (exact) mass is 208 g/mol. The maximum absolute atomic E-state index is 11.9. The van der Waals surface area contributed by atoms with Crippen LogP contribution in [0.15, 0.2) is 12.2 Å². The van der Waals surface area contributed by atoms with Crippen LogP contribution in [0.4, 0.5) is 13.2 Å². The molecule has 0 aromatic carbocycles. The van der Waals surface area contributed by atoms with Crippen molar-refractivity contribution in [1.29, 1.82) is 0 Å². The first-order chi connectivity index (χ1) is 6.31. The van der Waals surface area contributed by atoms with Gasteiger partial charge >= 0.3 is 6.18 Å². The molecule has 0 aromatic heterocycles. The summed E-state index contributed by atoms with van der Waals surface area (Å²) < 4.78 is 35.8. The molecule has 82 valence electrons. The summed E-state index contributed by atoms with van der Waals surface area (Å²) in [6.07, 6.45) is -0.813. The molecule has 2 atom stereocenters. The smallest absolute Gasteiger partial charge is 0.386 e. The fraction of sp³-hybridized carbons (Fsp3) is 0.800. The molecule has 0 radical (unpaired) electrons. The van der Waals surface area contributed by atoms with Gasteiger partial charge in [0.15, 0.2) is 0 Å². The molecular weight excluding hydrogens is 193 g/mol. The zero-order chi connectivity index (χ0) is 10.8. The van der Waals surface area contributed by atoms with Gasteiger partial charge < -0.3 is 5.11 Å². The molecule has 1 aliphatic carbocycles. The molecule has 0 aliphatic heterocycles. The number of alkyl halides is 3. The number of aliphatic hydroxyl groups is 1. The van der Waals surface area contributed by atoms with E-state index in [-0.39, 0.29) is 6.42 Å². The second-order valence-electron chi connectivity index (χ2n) is 4.09. The minimum Gasteiger partial charge on any atom is -0.386 e. The third-order valence-corrected chi connectivity index (χ3v) is 2.61. The second kappa shape index (κ2) is 3.93. The van der Waals surface area contributed by atoms with Gasteiger partial charge in [-0.15, -0.1) is 0 Å². The molecule has 14 heavy (non-hydrogen) atoms. The SMILES string of the molecule is CC1C=CC(O)(CCC(F)(F)F)CC1. The first-order valence-electron chi connectivity index (χ1n) is 4.79. The molecule has 2 unspecified atom stereocenters. The molecule has 1 rings (SSSR count). The average Bonchev–Trinajstić information content (AvgIpc) is 2.07. The maximum Gasteiger partial charge on any atom is 0.389 e. The number of rotatable bonds is 2.